The molecule has 2 aliphatic rings. The first-order chi connectivity index (χ1) is 16.5. The first-order valence-electron chi connectivity index (χ1n) is 12.0. The number of fused-ring (bicyclic) bond motifs is 2. The number of ether oxygens (including phenoxy) is 2. The Bertz CT molecular complexity index is 1020. The second-order valence-corrected chi connectivity index (χ2v) is 8.83. The summed E-state index contributed by atoms with van der Waals surface area (Å²) in [6.45, 7) is 2.70. The van der Waals surface area contributed by atoms with Gasteiger partial charge in [0.25, 0.3) is 0 Å². The lowest BCUT2D eigenvalue weighted by atomic mass is 9.81. The molecule has 7 nitrogen and oxygen atoms in total. The summed E-state index contributed by atoms with van der Waals surface area (Å²) in [6.07, 6.45) is 2.59. The average molecular weight is 465 g/mol. The molecule has 4 rings (SSSR count). The summed E-state index contributed by atoms with van der Waals surface area (Å²) >= 11 is 0. The van der Waals surface area contributed by atoms with Crippen LogP contribution in [0.4, 0.5) is 10.5 Å². The largest absolute Gasteiger partial charge is 0.469 e. The highest BCUT2D eigenvalue weighted by Crippen LogP contribution is 2.50. The van der Waals surface area contributed by atoms with Crippen LogP contribution in [0.3, 0.4) is 0 Å². The number of nitrogens with zero attached hydrogens (tertiary/aromatic N) is 2. The Morgan fingerprint density at radius 2 is 1.74 bits per heavy atom. The molecule has 1 aliphatic carbocycles. The smallest absolute Gasteiger partial charge is 0.414 e. The summed E-state index contributed by atoms with van der Waals surface area (Å²) in [7, 11) is 1.33. The zero-order chi connectivity index (χ0) is 24.1. The van der Waals surface area contributed by atoms with Crippen LogP contribution in [0.25, 0.3) is 0 Å². The monoisotopic (exact) mass is 464 g/mol. The number of para-hydroxylation sites is 1. The number of carbonyl (C=O) groups is 3. The summed E-state index contributed by atoms with van der Waals surface area (Å²) in [5.74, 6) is -0.348. The highest BCUT2D eigenvalue weighted by molar-refractivity contribution is 5.91. The summed E-state index contributed by atoms with van der Waals surface area (Å²) in [5.41, 5.74) is 2.69. The van der Waals surface area contributed by atoms with Crippen LogP contribution < -0.4 is 4.90 Å². The number of amides is 2. The van der Waals surface area contributed by atoms with Crippen molar-refractivity contribution in [3.8, 4) is 0 Å². The van der Waals surface area contributed by atoms with Gasteiger partial charge in [-0.2, -0.15) is 0 Å². The van der Waals surface area contributed by atoms with E-state index in [1.165, 1.54) is 7.11 Å². The zero-order valence-electron chi connectivity index (χ0n) is 19.8. The predicted octanol–water partition coefficient (Wildman–Crippen LogP) is 4.85. The molecule has 180 valence electrons. The molecule has 0 spiro atoms. The molecule has 1 heterocycles. The SMILES string of the molecule is CCN(C(=O)CCC(=O)OC)[C@H]1c2ccccc2N(C(=O)OCc2ccccc2)[C@@H]2CCC[C@@H]21. The Morgan fingerprint density at radius 1 is 1.00 bits per heavy atom. The molecule has 34 heavy (non-hydrogen) atoms. The van der Waals surface area contributed by atoms with Gasteiger partial charge in [0, 0.05) is 24.9 Å². The van der Waals surface area contributed by atoms with E-state index in [0.29, 0.717) is 6.54 Å². The summed E-state index contributed by atoms with van der Waals surface area (Å²) < 4.78 is 10.4. The number of benzene rings is 2. The first kappa shape index (κ1) is 23.8. The van der Waals surface area contributed by atoms with Crippen molar-refractivity contribution in [2.24, 2.45) is 5.92 Å². The van der Waals surface area contributed by atoms with Crippen LogP contribution in [-0.2, 0) is 25.7 Å². The second-order valence-electron chi connectivity index (χ2n) is 8.83. The molecule has 0 bridgehead atoms. The quantitative estimate of drug-likeness (QED) is 0.547. The van der Waals surface area contributed by atoms with Crippen molar-refractivity contribution in [3.05, 3.63) is 65.7 Å². The van der Waals surface area contributed by atoms with Crippen molar-refractivity contribution in [3.63, 3.8) is 0 Å². The first-order valence-corrected chi connectivity index (χ1v) is 12.0. The lowest BCUT2D eigenvalue weighted by molar-refractivity contribution is -0.144. The van der Waals surface area contributed by atoms with E-state index in [9.17, 15) is 14.4 Å². The van der Waals surface area contributed by atoms with Crippen molar-refractivity contribution in [2.45, 2.75) is 57.7 Å². The number of methoxy groups -OCH3 is 1. The molecule has 1 fully saturated rings. The van der Waals surface area contributed by atoms with Crippen molar-refractivity contribution in [2.75, 3.05) is 18.6 Å². The van der Waals surface area contributed by atoms with Gasteiger partial charge in [0.2, 0.25) is 5.91 Å². The van der Waals surface area contributed by atoms with Crippen LogP contribution in [0, 0.1) is 5.92 Å². The van der Waals surface area contributed by atoms with Gasteiger partial charge < -0.3 is 14.4 Å². The normalized spacial score (nSPS) is 20.8. The third kappa shape index (κ3) is 4.79. The van der Waals surface area contributed by atoms with Crippen molar-refractivity contribution < 1.29 is 23.9 Å². The van der Waals surface area contributed by atoms with Gasteiger partial charge in [-0.25, -0.2) is 4.79 Å². The van der Waals surface area contributed by atoms with Gasteiger partial charge >= 0.3 is 12.1 Å². The predicted molar refractivity (Wildman–Crippen MR) is 128 cm³/mol. The van der Waals surface area contributed by atoms with Crippen LogP contribution in [0.1, 0.15) is 56.2 Å². The van der Waals surface area contributed by atoms with Crippen molar-refractivity contribution in [1.29, 1.82) is 0 Å². The van der Waals surface area contributed by atoms with Gasteiger partial charge in [-0.1, -0.05) is 55.0 Å². The van der Waals surface area contributed by atoms with E-state index >= 15 is 0 Å². The third-order valence-electron chi connectivity index (χ3n) is 6.95. The Hall–Kier alpha value is -3.35. The minimum atomic E-state index is -0.389. The lowest BCUT2D eigenvalue weighted by Crippen LogP contribution is -2.52. The Balaban J connectivity index is 1.61. The van der Waals surface area contributed by atoms with E-state index in [-0.39, 0.29) is 55.4 Å². The topological polar surface area (TPSA) is 76.2 Å². The Labute approximate surface area is 200 Å². The van der Waals surface area contributed by atoms with E-state index in [1.54, 1.807) is 4.90 Å². The van der Waals surface area contributed by atoms with Gasteiger partial charge in [0.05, 0.1) is 25.3 Å². The van der Waals surface area contributed by atoms with Gasteiger partial charge in [-0.15, -0.1) is 0 Å². The van der Waals surface area contributed by atoms with Gasteiger partial charge in [-0.3, -0.25) is 14.5 Å². The van der Waals surface area contributed by atoms with Crippen molar-refractivity contribution in [1.82, 2.24) is 4.90 Å². The fourth-order valence-electron chi connectivity index (χ4n) is 5.43. The maximum Gasteiger partial charge on any atom is 0.414 e. The molecule has 0 N–H and O–H groups in total. The molecule has 3 atom stereocenters. The maximum atomic E-state index is 13.3. The summed E-state index contributed by atoms with van der Waals surface area (Å²) in [5, 5.41) is 0. The van der Waals surface area contributed by atoms with E-state index in [0.717, 1.165) is 36.1 Å². The molecule has 7 heteroatoms. The number of carbonyl (C=O) groups excluding carboxylic acids is 3. The number of anilines is 1. The molecule has 0 aromatic heterocycles. The molecule has 2 aromatic rings. The molecule has 2 amide bonds. The number of rotatable bonds is 7. The molecule has 0 unspecified atom stereocenters. The molecule has 1 aliphatic heterocycles. The summed E-state index contributed by atoms with van der Waals surface area (Å²) in [6, 6.07) is 17.3. The van der Waals surface area contributed by atoms with Crippen LogP contribution >= 0.6 is 0 Å². The minimum Gasteiger partial charge on any atom is -0.469 e. The molecule has 0 radical (unpaired) electrons. The number of hydrogen-bond donors (Lipinski definition) is 0. The highest BCUT2D eigenvalue weighted by atomic mass is 16.6. The van der Waals surface area contributed by atoms with E-state index in [4.69, 9.17) is 9.47 Å². The summed E-state index contributed by atoms with van der Waals surface area (Å²) in [4.78, 5) is 41.8. The van der Waals surface area contributed by atoms with Crippen LogP contribution in [0.5, 0.6) is 0 Å². The number of hydrogen-bond acceptors (Lipinski definition) is 5. The third-order valence-corrected chi connectivity index (χ3v) is 6.95. The lowest BCUT2D eigenvalue weighted by Gasteiger charge is -2.46. The van der Waals surface area contributed by atoms with Gasteiger partial charge in [0.15, 0.2) is 0 Å². The molecule has 0 saturated heterocycles. The average Bonchev–Trinajstić information content (AvgIpc) is 3.35. The van der Waals surface area contributed by atoms with Crippen LogP contribution in [-0.4, -0.2) is 42.6 Å². The van der Waals surface area contributed by atoms with Crippen LogP contribution in [0.15, 0.2) is 54.6 Å². The maximum absolute atomic E-state index is 13.3. The van der Waals surface area contributed by atoms with E-state index in [2.05, 4.69) is 0 Å². The standard InChI is InChI=1S/C27H32N2O5/c1-3-28(24(30)16-17-25(31)33-2)26-20-12-7-8-14-22(20)29(23-15-9-13-21(23)26)27(32)34-18-19-10-5-4-6-11-19/h4-8,10-12,14,21,23,26H,3,9,13,15-18H2,1-2H3/t21-,23+,26-/m0/s1. The minimum absolute atomic E-state index is 0.0365. The van der Waals surface area contributed by atoms with Crippen molar-refractivity contribution >= 4 is 23.7 Å². The zero-order valence-corrected chi connectivity index (χ0v) is 19.8. The highest BCUT2D eigenvalue weighted by Gasteiger charge is 2.48. The van der Waals surface area contributed by atoms with Gasteiger partial charge in [-0.05, 0) is 37.0 Å². The molecular weight excluding hydrogens is 432 g/mol. The second kappa shape index (κ2) is 10.7. The van der Waals surface area contributed by atoms with E-state index in [1.807, 2.05) is 66.4 Å². The molecular formula is C27H32N2O5. The van der Waals surface area contributed by atoms with E-state index < -0.39 is 0 Å². The molecule has 1 saturated carbocycles. The van der Waals surface area contributed by atoms with Crippen LogP contribution in [0.2, 0.25) is 0 Å². The van der Waals surface area contributed by atoms with Gasteiger partial charge in [0.1, 0.15) is 6.61 Å². The fourth-order valence-corrected chi connectivity index (χ4v) is 5.43. The molecule has 2 aromatic carbocycles. The Kier molecular flexibility index (Phi) is 7.50. The Morgan fingerprint density at radius 3 is 2.47 bits per heavy atom. The number of esters is 1. The fraction of sp³-hybridized carbons (Fsp3) is 0.444.